The third-order valence-corrected chi connectivity index (χ3v) is 6.43. The molecule has 1 heterocycles. The monoisotopic (exact) mass is 404 g/mol. The summed E-state index contributed by atoms with van der Waals surface area (Å²) in [6.45, 7) is 3.22. The van der Waals surface area contributed by atoms with E-state index in [9.17, 15) is 20.4 Å². The number of rotatable bonds is 8. The average Bonchev–Trinajstić information content (AvgIpc) is 3.11. The first-order chi connectivity index (χ1) is 13.4. The summed E-state index contributed by atoms with van der Waals surface area (Å²) in [4.78, 5) is 1.17. The molecule has 3 unspecified atom stereocenters. The molecule has 0 saturated carbocycles. The molecule has 28 heavy (non-hydrogen) atoms. The molecule has 0 aromatic heterocycles. The molecule has 4 atom stereocenters. The second-order valence-electron chi connectivity index (χ2n) is 7.19. The van der Waals surface area contributed by atoms with Gasteiger partial charge in [-0.15, -0.1) is 11.8 Å². The van der Waals surface area contributed by atoms with Gasteiger partial charge in [0.25, 0.3) is 0 Å². The van der Waals surface area contributed by atoms with Crippen LogP contribution in [-0.4, -0.2) is 51.3 Å². The number of fused-ring (bicyclic) bond motifs is 1. The summed E-state index contributed by atoms with van der Waals surface area (Å²) >= 11 is 1.79. The Balaban J connectivity index is 1.90. The topological polar surface area (TPSA) is 90.2 Å². The van der Waals surface area contributed by atoms with Crippen LogP contribution in [0.5, 0.6) is 0 Å². The number of hydrogen-bond acceptors (Lipinski definition) is 6. The van der Waals surface area contributed by atoms with E-state index >= 15 is 0 Å². The molecule has 0 radical (unpaired) electrons. The summed E-state index contributed by atoms with van der Waals surface area (Å²) in [5, 5.41) is 38.8. The van der Waals surface area contributed by atoms with E-state index in [4.69, 9.17) is 4.74 Å². The predicted molar refractivity (Wildman–Crippen MR) is 109 cm³/mol. The second kappa shape index (κ2) is 9.39. The highest BCUT2D eigenvalue weighted by Crippen LogP contribution is 2.44. The molecule has 0 spiro atoms. The standard InChI is InChI=1S/C22H28O5S/c1-3-14-4-6-15(7-5-14)18-12-28-20-9-8-16(10-17(18)20)21(22(25)26)27-19(11-23)13(2)24/h4-10,13,18-19,21-26H,3,11-12H2,1-2H3/t13?,18-,19?,21?/m0/s1. The number of aryl methyl sites for hydroxylation is 1. The fraction of sp³-hybridized carbons (Fsp3) is 0.455. The third-order valence-electron chi connectivity index (χ3n) is 5.24. The van der Waals surface area contributed by atoms with Gasteiger partial charge in [0.05, 0.1) is 12.7 Å². The summed E-state index contributed by atoms with van der Waals surface area (Å²) in [5.41, 5.74) is 4.29. The highest BCUT2D eigenvalue weighted by molar-refractivity contribution is 7.99. The van der Waals surface area contributed by atoms with E-state index in [1.54, 1.807) is 11.8 Å². The summed E-state index contributed by atoms with van der Waals surface area (Å²) in [6.07, 6.45) is -3.63. The van der Waals surface area contributed by atoms with Crippen LogP contribution in [-0.2, 0) is 11.2 Å². The van der Waals surface area contributed by atoms with E-state index in [1.165, 1.54) is 22.9 Å². The lowest BCUT2D eigenvalue weighted by atomic mass is 9.90. The molecule has 2 aromatic rings. The van der Waals surface area contributed by atoms with Crippen LogP contribution < -0.4 is 0 Å². The molecular weight excluding hydrogens is 376 g/mol. The maximum atomic E-state index is 9.84. The van der Waals surface area contributed by atoms with Crippen LogP contribution in [0.1, 0.15) is 48.1 Å². The van der Waals surface area contributed by atoms with Crippen molar-refractivity contribution < 1.29 is 25.2 Å². The number of ether oxygens (including phenoxy) is 1. The summed E-state index contributed by atoms with van der Waals surface area (Å²) in [7, 11) is 0. The van der Waals surface area contributed by atoms with Crippen molar-refractivity contribution in [2.24, 2.45) is 0 Å². The van der Waals surface area contributed by atoms with Crippen molar-refractivity contribution in [2.75, 3.05) is 12.4 Å². The van der Waals surface area contributed by atoms with Crippen molar-refractivity contribution in [1.82, 2.24) is 0 Å². The zero-order chi connectivity index (χ0) is 20.3. The van der Waals surface area contributed by atoms with Gasteiger partial charge in [0.2, 0.25) is 0 Å². The highest BCUT2D eigenvalue weighted by atomic mass is 32.2. The lowest BCUT2D eigenvalue weighted by Gasteiger charge is -2.27. The maximum Gasteiger partial charge on any atom is 0.182 e. The first-order valence-corrected chi connectivity index (χ1v) is 10.6. The van der Waals surface area contributed by atoms with Crippen LogP contribution in [0.3, 0.4) is 0 Å². The van der Waals surface area contributed by atoms with Crippen LogP contribution >= 0.6 is 11.8 Å². The number of aliphatic hydroxyl groups excluding tert-OH is 3. The second-order valence-corrected chi connectivity index (χ2v) is 8.25. The molecule has 152 valence electrons. The third kappa shape index (κ3) is 4.59. The molecule has 0 saturated heterocycles. The Morgan fingerprint density at radius 3 is 2.39 bits per heavy atom. The molecule has 6 heteroatoms. The van der Waals surface area contributed by atoms with Crippen LogP contribution in [0.4, 0.5) is 0 Å². The van der Waals surface area contributed by atoms with Gasteiger partial charge in [0, 0.05) is 16.6 Å². The molecular formula is C22H28O5S. The van der Waals surface area contributed by atoms with Crippen molar-refractivity contribution in [3.63, 3.8) is 0 Å². The molecule has 5 nitrogen and oxygen atoms in total. The van der Waals surface area contributed by atoms with Crippen LogP contribution in [0, 0.1) is 0 Å². The van der Waals surface area contributed by atoms with E-state index in [-0.39, 0.29) is 5.92 Å². The first-order valence-electron chi connectivity index (χ1n) is 9.60. The van der Waals surface area contributed by atoms with Gasteiger partial charge in [-0.2, -0.15) is 0 Å². The van der Waals surface area contributed by atoms with Crippen molar-refractivity contribution in [3.8, 4) is 0 Å². The number of benzene rings is 2. The van der Waals surface area contributed by atoms with Gasteiger partial charge in [-0.05, 0) is 41.7 Å². The van der Waals surface area contributed by atoms with Gasteiger partial charge in [-0.3, -0.25) is 0 Å². The van der Waals surface area contributed by atoms with E-state index in [2.05, 4.69) is 31.2 Å². The van der Waals surface area contributed by atoms with Gasteiger partial charge in [0.1, 0.15) is 12.2 Å². The van der Waals surface area contributed by atoms with Gasteiger partial charge in [0.15, 0.2) is 6.29 Å². The zero-order valence-electron chi connectivity index (χ0n) is 16.2. The van der Waals surface area contributed by atoms with Crippen LogP contribution in [0.15, 0.2) is 47.4 Å². The Morgan fingerprint density at radius 1 is 1.11 bits per heavy atom. The lowest BCUT2D eigenvalue weighted by molar-refractivity contribution is -0.188. The number of aliphatic hydroxyl groups is 4. The quantitative estimate of drug-likeness (QED) is 0.506. The minimum absolute atomic E-state index is 0.229. The fourth-order valence-electron chi connectivity index (χ4n) is 3.49. The van der Waals surface area contributed by atoms with Crippen molar-refractivity contribution in [1.29, 1.82) is 0 Å². The zero-order valence-corrected chi connectivity index (χ0v) is 17.0. The molecule has 1 aliphatic heterocycles. The lowest BCUT2D eigenvalue weighted by Crippen LogP contribution is -2.35. The van der Waals surface area contributed by atoms with E-state index in [1.807, 2.05) is 18.2 Å². The Kier molecular flexibility index (Phi) is 7.15. The van der Waals surface area contributed by atoms with E-state index < -0.39 is 31.2 Å². The van der Waals surface area contributed by atoms with Crippen LogP contribution in [0.25, 0.3) is 0 Å². The van der Waals surface area contributed by atoms with E-state index in [0.717, 1.165) is 17.7 Å². The normalized spacial score (nSPS) is 19.5. The minimum Gasteiger partial charge on any atom is -0.394 e. The Bertz CT molecular complexity index is 775. The fourth-order valence-corrected chi connectivity index (χ4v) is 4.74. The van der Waals surface area contributed by atoms with E-state index in [0.29, 0.717) is 5.56 Å². The molecule has 0 amide bonds. The SMILES string of the molecule is CCc1ccc([C@@H]2CSc3ccc(C(OC(CO)C(C)O)C(O)O)cc32)cc1. The van der Waals surface area contributed by atoms with Gasteiger partial charge < -0.3 is 25.2 Å². The van der Waals surface area contributed by atoms with Crippen molar-refractivity contribution in [3.05, 3.63) is 64.7 Å². The van der Waals surface area contributed by atoms with Crippen LogP contribution in [0.2, 0.25) is 0 Å². The Hall–Kier alpha value is -1.41. The molecule has 4 N–H and O–H groups in total. The predicted octanol–water partition coefficient (Wildman–Crippen LogP) is 2.60. The molecule has 1 aliphatic rings. The molecule has 0 bridgehead atoms. The molecule has 2 aromatic carbocycles. The molecule has 0 aliphatic carbocycles. The Morgan fingerprint density at radius 2 is 1.82 bits per heavy atom. The minimum atomic E-state index is -1.76. The smallest absolute Gasteiger partial charge is 0.182 e. The molecule has 3 rings (SSSR count). The van der Waals surface area contributed by atoms with Gasteiger partial charge in [-0.1, -0.05) is 43.3 Å². The summed E-state index contributed by atoms with van der Waals surface area (Å²) in [6, 6.07) is 14.4. The largest absolute Gasteiger partial charge is 0.394 e. The van der Waals surface area contributed by atoms with Crippen molar-refractivity contribution >= 4 is 11.8 Å². The van der Waals surface area contributed by atoms with Gasteiger partial charge >= 0.3 is 0 Å². The number of hydrogen-bond donors (Lipinski definition) is 4. The molecule has 0 fully saturated rings. The highest BCUT2D eigenvalue weighted by Gasteiger charge is 2.30. The summed E-state index contributed by atoms with van der Waals surface area (Å²) < 4.78 is 5.63. The number of thioether (sulfide) groups is 1. The van der Waals surface area contributed by atoms with Gasteiger partial charge in [-0.25, -0.2) is 0 Å². The Labute approximate surface area is 170 Å². The summed E-state index contributed by atoms with van der Waals surface area (Å²) in [5.74, 6) is 1.16. The first kappa shape index (κ1) is 21.3. The van der Waals surface area contributed by atoms with Crippen molar-refractivity contribution in [2.45, 2.75) is 55.7 Å². The maximum absolute atomic E-state index is 9.84. The average molecular weight is 405 g/mol.